The van der Waals surface area contributed by atoms with Gasteiger partial charge in [-0.25, -0.2) is 4.98 Å². The van der Waals surface area contributed by atoms with Crippen molar-refractivity contribution in [3.8, 4) is 5.75 Å². The van der Waals surface area contributed by atoms with Gasteiger partial charge in [-0.2, -0.15) is 0 Å². The van der Waals surface area contributed by atoms with Crippen LogP contribution in [0, 0.1) is 0 Å². The first kappa shape index (κ1) is 19.9. The third-order valence-corrected chi connectivity index (χ3v) is 4.43. The lowest BCUT2D eigenvalue weighted by Gasteiger charge is -2.15. The predicted octanol–water partition coefficient (Wildman–Crippen LogP) is 3.78. The van der Waals surface area contributed by atoms with Crippen LogP contribution < -0.4 is 10.1 Å². The van der Waals surface area contributed by atoms with Gasteiger partial charge < -0.3 is 9.47 Å². The summed E-state index contributed by atoms with van der Waals surface area (Å²) in [5.41, 5.74) is 1.72. The molecule has 1 heterocycles. The van der Waals surface area contributed by atoms with E-state index in [2.05, 4.69) is 24.1 Å². The van der Waals surface area contributed by atoms with E-state index in [1.54, 1.807) is 19.2 Å². The number of benzene rings is 1. The van der Waals surface area contributed by atoms with E-state index >= 15 is 0 Å². The summed E-state index contributed by atoms with van der Waals surface area (Å²) in [5, 5.41) is 4.87. The molecule has 1 N–H and O–H groups in total. The fraction of sp³-hybridized carbons (Fsp3) is 0.421. The zero-order chi connectivity index (χ0) is 19.1. The zero-order valence-corrected chi connectivity index (χ0v) is 16.3. The summed E-state index contributed by atoms with van der Waals surface area (Å²) >= 11 is 1.26. The summed E-state index contributed by atoms with van der Waals surface area (Å²) < 4.78 is 10.6. The van der Waals surface area contributed by atoms with Gasteiger partial charge in [-0.3, -0.25) is 14.9 Å². The van der Waals surface area contributed by atoms with Gasteiger partial charge in [0.25, 0.3) is 5.91 Å². The van der Waals surface area contributed by atoms with Gasteiger partial charge in [0.15, 0.2) is 11.2 Å². The molecule has 6 nitrogen and oxygen atoms in total. The van der Waals surface area contributed by atoms with Gasteiger partial charge in [0.2, 0.25) is 0 Å². The molecule has 0 saturated carbocycles. The molecule has 1 aromatic heterocycles. The molecule has 1 unspecified atom stereocenters. The van der Waals surface area contributed by atoms with Gasteiger partial charge in [0.05, 0.1) is 18.7 Å². The summed E-state index contributed by atoms with van der Waals surface area (Å²) in [7, 11) is 0. The number of aromatic nitrogens is 1. The van der Waals surface area contributed by atoms with E-state index < -0.39 is 6.10 Å². The highest BCUT2D eigenvalue weighted by Gasteiger charge is 2.17. The minimum absolute atomic E-state index is 0.0915. The number of hydrogen-bond acceptors (Lipinski definition) is 6. The molecule has 140 valence electrons. The van der Waals surface area contributed by atoms with Crippen LogP contribution in [0.4, 0.5) is 5.13 Å². The Kier molecular flexibility index (Phi) is 7.15. The number of ether oxygens (including phenoxy) is 2. The lowest BCUT2D eigenvalue weighted by Crippen LogP contribution is -2.30. The normalized spacial score (nSPS) is 11.9. The molecule has 0 fully saturated rings. The Balaban J connectivity index is 1.92. The van der Waals surface area contributed by atoms with Crippen molar-refractivity contribution in [1.29, 1.82) is 0 Å². The van der Waals surface area contributed by atoms with Crippen LogP contribution in [0.5, 0.6) is 5.75 Å². The number of esters is 1. The lowest BCUT2D eigenvalue weighted by atomic mass is 10.0. The van der Waals surface area contributed by atoms with E-state index in [9.17, 15) is 9.59 Å². The Morgan fingerprint density at radius 3 is 2.73 bits per heavy atom. The van der Waals surface area contributed by atoms with Gasteiger partial charge in [-0.05, 0) is 37.5 Å². The lowest BCUT2D eigenvalue weighted by molar-refractivity contribution is -0.142. The number of nitrogens with zero attached hydrogens (tertiary/aromatic N) is 1. The molecule has 1 atom stereocenters. The first-order chi connectivity index (χ1) is 12.4. The SMILES string of the molecule is CCOC(=O)Cc1csc(NC(=O)C(C)Oc2cccc(C(C)C)c2)n1. The van der Waals surface area contributed by atoms with Crippen molar-refractivity contribution in [3.63, 3.8) is 0 Å². The van der Waals surface area contributed by atoms with Gasteiger partial charge in [0.1, 0.15) is 5.75 Å². The minimum atomic E-state index is -0.671. The van der Waals surface area contributed by atoms with Crippen molar-refractivity contribution >= 4 is 28.3 Å². The van der Waals surface area contributed by atoms with Gasteiger partial charge in [-0.15, -0.1) is 11.3 Å². The van der Waals surface area contributed by atoms with Crippen molar-refractivity contribution in [2.24, 2.45) is 0 Å². The molecule has 0 spiro atoms. The Morgan fingerprint density at radius 1 is 1.27 bits per heavy atom. The fourth-order valence-corrected chi connectivity index (χ4v) is 2.93. The smallest absolute Gasteiger partial charge is 0.311 e. The third-order valence-electron chi connectivity index (χ3n) is 3.62. The Labute approximate surface area is 157 Å². The van der Waals surface area contributed by atoms with E-state index in [-0.39, 0.29) is 18.3 Å². The third kappa shape index (κ3) is 5.84. The Hall–Kier alpha value is -2.41. The summed E-state index contributed by atoms with van der Waals surface area (Å²) in [6.07, 6.45) is -0.580. The van der Waals surface area contributed by atoms with Crippen LogP contribution in [0.25, 0.3) is 0 Å². The summed E-state index contributed by atoms with van der Waals surface area (Å²) in [6, 6.07) is 7.71. The molecular weight excluding hydrogens is 352 g/mol. The van der Waals surface area contributed by atoms with Crippen LogP contribution in [0.1, 0.15) is 44.9 Å². The molecule has 0 aliphatic rings. The van der Waals surface area contributed by atoms with E-state index in [0.717, 1.165) is 5.56 Å². The second kappa shape index (κ2) is 9.33. The predicted molar refractivity (Wildman–Crippen MR) is 102 cm³/mol. The number of nitrogens with one attached hydrogen (secondary N) is 1. The topological polar surface area (TPSA) is 77.5 Å². The average molecular weight is 376 g/mol. The van der Waals surface area contributed by atoms with E-state index in [1.165, 1.54) is 11.3 Å². The minimum Gasteiger partial charge on any atom is -0.481 e. The van der Waals surface area contributed by atoms with E-state index in [4.69, 9.17) is 9.47 Å². The van der Waals surface area contributed by atoms with Gasteiger partial charge in [0, 0.05) is 5.38 Å². The second-order valence-electron chi connectivity index (χ2n) is 6.10. The Morgan fingerprint density at radius 2 is 2.04 bits per heavy atom. The molecule has 1 amide bonds. The summed E-state index contributed by atoms with van der Waals surface area (Å²) in [5.74, 6) is 0.409. The number of rotatable bonds is 8. The van der Waals surface area contributed by atoms with Crippen molar-refractivity contribution in [3.05, 3.63) is 40.9 Å². The molecule has 0 radical (unpaired) electrons. The second-order valence-corrected chi connectivity index (χ2v) is 6.96. The van der Waals surface area contributed by atoms with Crippen molar-refractivity contribution in [2.75, 3.05) is 11.9 Å². The van der Waals surface area contributed by atoms with Crippen molar-refractivity contribution in [1.82, 2.24) is 4.98 Å². The first-order valence-corrected chi connectivity index (χ1v) is 9.44. The summed E-state index contributed by atoms with van der Waals surface area (Å²) in [6.45, 7) is 7.98. The molecule has 0 aliphatic carbocycles. The van der Waals surface area contributed by atoms with Crippen LogP contribution in [0.2, 0.25) is 0 Å². The van der Waals surface area contributed by atoms with Gasteiger partial charge >= 0.3 is 5.97 Å². The van der Waals surface area contributed by atoms with Crippen LogP contribution in [-0.4, -0.2) is 29.6 Å². The van der Waals surface area contributed by atoms with Crippen LogP contribution in [0.15, 0.2) is 29.6 Å². The van der Waals surface area contributed by atoms with Crippen LogP contribution >= 0.6 is 11.3 Å². The highest BCUT2D eigenvalue weighted by molar-refractivity contribution is 7.13. The zero-order valence-electron chi connectivity index (χ0n) is 15.4. The molecule has 2 aromatic rings. The first-order valence-electron chi connectivity index (χ1n) is 8.56. The largest absolute Gasteiger partial charge is 0.481 e. The molecule has 0 bridgehead atoms. The number of hydrogen-bond donors (Lipinski definition) is 1. The Bertz CT molecular complexity index is 758. The maximum Gasteiger partial charge on any atom is 0.311 e. The summed E-state index contributed by atoms with van der Waals surface area (Å²) in [4.78, 5) is 28.0. The highest BCUT2D eigenvalue weighted by atomic mass is 32.1. The fourth-order valence-electron chi connectivity index (χ4n) is 2.22. The maximum absolute atomic E-state index is 12.3. The average Bonchev–Trinajstić information content (AvgIpc) is 3.02. The molecule has 2 rings (SSSR count). The van der Waals surface area contributed by atoms with E-state index in [1.807, 2.05) is 24.3 Å². The maximum atomic E-state index is 12.3. The van der Waals surface area contributed by atoms with Crippen LogP contribution in [-0.2, 0) is 20.7 Å². The molecule has 7 heteroatoms. The number of amides is 1. The molecule has 0 saturated heterocycles. The van der Waals surface area contributed by atoms with Gasteiger partial charge in [-0.1, -0.05) is 26.0 Å². The number of carbonyl (C=O) groups excluding carboxylic acids is 2. The van der Waals surface area contributed by atoms with Crippen LogP contribution in [0.3, 0.4) is 0 Å². The van der Waals surface area contributed by atoms with Crippen molar-refractivity contribution in [2.45, 2.75) is 46.1 Å². The molecule has 0 aliphatic heterocycles. The molecular formula is C19H24N2O4S. The number of carbonyl (C=O) groups is 2. The number of anilines is 1. The van der Waals surface area contributed by atoms with Crippen molar-refractivity contribution < 1.29 is 19.1 Å². The quantitative estimate of drug-likeness (QED) is 0.710. The standard InChI is InChI=1S/C19H24N2O4S/c1-5-24-17(22)10-15-11-26-19(20-15)21-18(23)13(4)25-16-8-6-7-14(9-16)12(2)3/h6-9,11-13H,5,10H2,1-4H3,(H,20,21,23). The van der Waals surface area contributed by atoms with E-state index in [0.29, 0.717) is 29.1 Å². The molecule has 26 heavy (non-hydrogen) atoms. The monoisotopic (exact) mass is 376 g/mol. The molecule has 1 aromatic carbocycles. The highest BCUT2D eigenvalue weighted by Crippen LogP contribution is 2.22. The number of thiazole rings is 1.